The molecule has 38 heavy (non-hydrogen) atoms. The van der Waals surface area contributed by atoms with Gasteiger partial charge in [0.15, 0.2) is 0 Å². The summed E-state index contributed by atoms with van der Waals surface area (Å²) in [6, 6.07) is 10.7. The van der Waals surface area contributed by atoms with Crippen molar-refractivity contribution < 1.29 is 38.0 Å². The van der Waals surface area contributed by atoms with Gasteiger partial charge in [0.1, 0.15) is 0 Å². The van der Waals surface area contributed by atoms with Gasteiger partial charge in [-0.1, -0.05) is 26.0 Å². The molecule has 0 saturated carbocycles. The Labute approximate surface area is 224 Å². The number of ether oxygens (including phenoxy) is 6. The fraction of sp³-hybridized carbons (Fsp3) is 0.600. The first-order valence-corrected chi connectivity index (χ1v) is 13.6. The van der Waals surface area contributed by atoms with Gasteiger partial charge in [-0.3, -0.25) is 0 Å². The van der Waals surface area contributed by atoms with E-state index in [0.29, 0.717) is 50.8 Å². The number of benzene rings is 2. The van der Waals surface area contributed by atoms with Crippen molar-refractivity contribution in [2.75, 3.05) is 66.1 Å². The molecule has 2 heterocycles. The summed E-state index contributed by atoms with van der Waals surface area (Å²) in [5.74, 6) is -0.705. The van der Waals surface area contributed by atoms with Crippen LogP contribution in [0.2, 0.25) is 0 Å². The third kappa shape index (κ3) is 8.24. The van der Waals surface area contributed by atoms with Gasteiger partial charge in [-0.2, -0.15) is 0 Å². The maximum Gasteiger partial charge on any atom is 0.338 e. The number of hydrogen-bond donors (Lipinski definition) is 0. The van der Waals surface area contributed by atoms with Crippen LogP contribution in [-0.4, -0.2) is 78.0 Å². The van der Waals surface area contributed by atoms with Gasteiger partial charge in [0.25, 0.3) is 0 Å². The zero-order valence-electron chi connectivity index (χ0n) is 22.6. The van der Waals surface area contributed by atoms with Crippen LogP contribution in [0.15, 0.2) is 36.4 Å². The first-order chi connectivity index (χ1) is 18.4. The zero-order valence-corrected chi connectivity index (χ0v) is 22.6. The highest BCUT2D eigenvalue weighted by Gasteiger charge is 2.34. The fourth-order valence-corrected chi connectivity index (χ4v) is 4.31. The Morgan fingerprint density at radius 2 is 1.05 bits per heavy atom. The molecule has 0 aromatic heterocycles. The predicted molar refractivity (Wildman–Crippen MR) is 142 cm³/mol. The van der Waals surface area contributed by atoms with E-state index in [1.54, 1.807) is 24.3 Å². The van der Waals surface area contributed by atoms with Crippen molar-refractivity contribution in [2.45, 2.75) is 39.5 Å². The van der Waals surface area contributed by atoms with Crippen LogP contribution in [0, 0.1) is 10.8 Å². The average Bonchev–Trinajstić information content (AvgIpc) is 2.89. The average molecular weight is 529 g/mol. The molecule has 0 N–H and O–H groups in total. The maximum atomic E-state index is 12.5. The summed E-state index contributed by atoms with van der Waals surface area (Å²) >= 11 is 0. The minimum atomic E-state index is -0.352. The molecule has 8 heteroatoms. The van der Waals surface area contributed by atoms with E-state index >= 15 is 0 Å². The summed E-state index contributed by atoms with van der Waals surface area (Å²) < 4.78 is 32.7. The van der Waals surface area contributed by atoms with Gasteiger partial charge in [0, 0.05) is 24.0 Å². The van der Waals surface area contributed by atoms with Crippen molar-refractivity contribution in [2.24, 2.45) is 10.8 Å². The third-order valence-electron chi connectivity index (χ3n) is 6.85. The van der Waals surface area contributed by atoms with E-state index in [1.165, 1.54) is 0 Å². The minimum absolute atomic E-state index is 0.156. The number of fused-ring (bicyclic) bond motifs is 1. The Morgan fingerprint density at radius 1 is 0.658 bits per heavy atom. The minimum Gasteiger partial charge on any atom is -0.462 e. The largest absolute Gasteiger partial charge is 0.462 e. The van der Waals surface area contributed by atoms with Crippen LogP contribution in [0.25, 0.3) is 10.8 Å². The van der Waals surface area contributed by atoms with Crippen LogP contribution in [0.5, 0.6) is 0 Å². The number of hydrogen-bond acceptors (Lipinski definition) is 8. The molecule has 0 amide bonds. The van der Waals surface area contributed by atoms with Gasteiger partial charge >= 0.3 is 11.9 Å². The van der Waals surface area contributed by atoms with Crippen LogP contribution in [-0.2, 0) is 28.4 Å². The van der Waals surface area contributed by atoms with E-state index in [4.69, 9.17) is 28.4 Å². The van der Waals surface area contributed by atoms with E-state index in [9.17, 15) is 9.59 Å². The monoisotopic (exact) mass is 528 g/mol. The lowest BCUT2D eigenvalue weighted by Crippen LogP contribution is -2.43. The second-order valence-corrected chi connectivity index (χ2v) is 11.2. The van der Waals surface area contributed by atoms with Gasteiger partial charge in [-0.25, -0.2) is 9.59 Å². The summed E-state index contributed by atoms with van der Waals surface area (Å²) in [5, 5.41) is 1.72. The van der Waals surface area contributed by atoms with Gasteiger partial charge in [0.05, 0.1) is 64.0 Å². The van der Waals surface area contributed by atoms with E-state index in [1.807, 2.05) is 12.1 Å². The molecule has 8 nitrogen and oxygen atoms in total. The van der Waals surface area contributed by atoms with Crippen LogP contribution in [0.4, 0.5) is 0 Å². The molecule has 2 aromatic rings. The summed E-state index contributed by atoms with van der Waals surface area (Å²) in [6.07, 6.45) is 3.17. The molecular formula is C30H40O8. The number of carbonyl (C=O) groups excluding carboxylic acids is 2. The first kappa shape index (κ1) is 28.5. The topological polar surface area (TPSA) is 89.5 Å². The first-order valence-electron chi connectivity index (χ1n) is 13.6. The van der Waals surface area contributed by atoms with Gasteiger partial charge in [-0.15, -0.1) is 0 Å². The molecule has 2 aliphatic rings. The summed E-state index contributed by atoms with van der Waals surface area (Å²) in [7, 11) is 0. The van der Waals surface area contributed by atoms with Crippen molar-refractivity contribution in [3.8, 4) is 0 Å². The standard InChI is InChI=1S/C30H40O8/c1-29(19-35-20-29)17-33-11-3-5-13-37-27(31)25-9-7-24-16-26(10-8-23(24)15-25)28(32)38-14-6-4-12-34-18-30(2)21-36-22-30/h7-10,15-16H,3-6,11-14,17-22H2,1-2H3. The van der Waals surface area contributed by atoms with E-state index in [-0.39, 0.29) is 22.8 Å². The normalized spacial score (nSPS) is 17.4. The van der Waals surface area contributed by atoms with E-state index < -0.39 is 0 Å². The number of rotatable bonds is 16. The summed E-state index contributed by atoms with van der Waals surface area (Å²) in [4.78, 5) is 24.9. The highest BCUT2D eigenvalue weighted by atomic mass is 16.5. The molecule has 2 saturated heterocycles. The molecule has 208 valence electrons. The summed E-state index contributed by atoms with van der Waals surface area (Å²) in [6.45, 7) is 10.8. The highest BCUT2D eigenvalue weighted by molar-refractivity contribution is 5.99. The number of esters is 2. The van der Waals surface area contributed by atoms with Gasteiger partial charge in [-0.05, 0) is 60.7 Å². The molecule has 2 aromatic carbocycles. The smallest absolute Gasteiger partial charge is 0.338 e. The Kier molecular flexibility index (Phi) is 10.1. The van der Waals surface area contributed by atoms with Crippen LogP contribution in [0.3, 0.4) is 0 Å². The second-order valence-electron chi connectivity index (χ2n) is 11.2. The molecule has 0 unspecified atom stereocenters. The molecule has 0 bridgehead atoms. The molecule has 0 radical (unpaired) electrons. The van der Waals surface area contributed by atoms with Crippen molar-refractivity contribution >= 4 is 22.7 Å². The molecule has 0 atom stereocenters. The quantitative estimate of drug-likeness (QED) is 0.226. The molecule has 0 aliphatic carbocycles. The van der Waals surface area contributed by atoms with Crippen molar-refractivity contribution in [1.82, 2.24) is 0 Å². The molecule has 2 aliphatic heterocycles. The zero-order chi connectivity index (χ0) is 26.8. The fourth-order valence-electron chi connectivity index (χ4n) is 4.31. The SMILES string of the molecule is CC1(COCCCCOC(=O)c2ccc3cc(C(=O)OCCCCOCC4(C)COC4)ccc3c2)COC1. The van der Waals surface area contributed by atoms with E-state index in [2.05, 4.69) is 13.8 Å². The maximum absolute atomic E-state index is 12.5. The third-order valence-corrected chi connectivity index (χ3v) is 6.85. The number of unbranched alkanes of at least 4 members (excludes halogenated alkanes) is 2. The van der Waals surface area contributed by atoms with Crippen molar-refractivity contribution in [1.29, 1.82) is 0 Å². The molecule has 0 spiro atoms. The highest BCUT2D eigenvalue weighted by Crippen LogP contribution is 2.27. The lowest BCUT2D eigenvalue weighted by atomic mass is 9.90. The Balaban J connectivity index is 1.11. The molecule has 2 fully saturated rings. The Hall–Kier alpha value is -2.52. The summed E-state index contributed by atoms with van der Waals surface area (Å²) in [5.41, 5.74) is 1.29. The van der Waals surface area contributed by atoms with Crippen molar-refractivity contribution in [3.63, 3.8) is 0 Å². The van der Waals surface area contributed by atoms with Gasteiger partial charge in [0.2, 0.25) is 0 Å². The van der Waals surface area contributed by atoms with Crippen molar-refractivity contribution in [3.05, 3.63) is 47.5 Å². The second kappa shape index (κ2) is 13.5. The van der Waals surface area contributed by atoms with E-state index in [0.717, 1.165) is 62.9 Å². The van der Waals surface area contributed by atoms with Crippen LogP contribution < -0.4 is 0 Å². The van der Waals surface area contributed by atoms with Crippen LogP contribution >= 0.6 is 0 Å². The molecule has 4 rings (SSSR count). The lowest BCUT2D eigenvalue weighted by molar-refractivity contribution is -0.138. The Morgan fingerprint density at radius 3 is 1.42 bits per heavy atom. The molecular weight excluding hydrogens is 488 g/mol. The predicted octanol–water partition coefficient (Wildman–Crippen LogP) is 4.82. The number of carbonyl (C=O) groups is 2. The Bertz CT molecular complexity index is 988. The van der Waals surface area contributed by atoms with Gasteiger partial charge < -0.3 is 28.4 Å². The van der Waals surface area contributed by atoms with Crippen LogP contribution in [0.1, 0.15) is 60.2 Å². The lowest BCUT2D eigenvalue weighted by Gasteiger charge is -2.37.